The van der Waals surface area contributed by atoms with Crippen LogP contribution in [0.25, 0.3) is 11.3 Å². The smallest absolute Gasteiger partial charge is 0.177 e. The van der Waals surface area contributed by atoms with Crippen LogP contribution in [-0.4, -0.2) is 25.1 Å². The number of sulfone groups is 1. The van der Waals surface area contributed by atoms with Crippen LogP contribution in [-0.2, 0) is 20.3 Å². The third kappa shape index (κ3) is 3.78. The van der Waals surface area contributed by atoms with Crippen LogP contribution in [0.4, 0.5) is 0 Å². The van der Waals surface area contributed by atoms with Gasteiger partial charge in [0.25, 0.3) is 0 Å². The van der Waals surface area contributed by atoms with Crippen LogP contribution < -0.4 is 5.11 Å². The first-order valence-corrected chi connectivity index (χ1v) is 8.07. The summed E-state index contributed by atoms with van der Waals surface area (Å²) in [5.41, 5.74) is 2.18. The van der Waals surface area contributed by atoms with Gasteiger partial charge in [-0.3, -0.25) is 0 Å². The summed E-state index contributed by atoms with van der Waals surface area (Å²) >= 11 is 1.24. The first-order valence-electron chi connectivity index (χ1n) is 5.52. The molecule has 6 nitrogen and oxygen atoms in total. The van der Waals surface area contributed by atoms with Crippen molar-refractivity contribution in [2.45, 2.75) is 5.75 Å². The third-order valence-corrected chi connectivity index (χ3v) is 4.25. The predicted molar refractivity (Wildman–Crippen MR) is 73.1 cm³/mol. The van der Waals surface area contributed by atoms with Gasteiger partial charge in [0.15, 0.2) is 9.84 Å². The Morgan fingerprint density at radius 3 is 2.65 bits per heavy atom. The topological polar surface area (TPSA) is 92.2 Å². The predicted octanol–water partition coefficient (Wildman–Crippen LogP) is 0.925. The highest BCUT2D eigenvalue weighted by atomic mass is 32.2. The van der Waals surface area contributed by atoms with Crippen molar-refractivity contribution in [2.75, 3.05) is 7.11 Å². The average Bonchev–Trinajstić information content (AvgIpc) is 2.92. The van der Waals surface area contributed by atoms with Crippen molar-refractivity contribution >= 4 is 21.4 Å². The van der Waals surface area contributed by atoms with Gasteiger partial charge >= 0.3 is 0 Å². The van der Waals surface area contributed by atoms with Crippen molar-refractivity contribution in [1.82, 2.24) is 9.59 Å². The summed E-state index contributed by atoms with van der Waals surface area (Å²) in [6.45, 7) is 0. The summed E-state index contributed by atoms with van der Waals surface area (Å²) in [7, 11) is -2.51. The molecule has 0 bridgehead atoms. The zero-order chi connectivity index (χ0) is 14.6. The zero-order valence-electron chi connectivity index (χ0n) is 10.5. The van der Waals surface area contributed by atoms with Crippen molar-refractivity contribution < 1.29 is 18.3 Å². The summed E-state index contributed by atoms with van der Waals surface area (Å²) in [4.78, 5) is 0. The van der Waals surface area contributed by atoms with Crippen molar-refractivity contribution in [3.8, 4) is 11.3 Å². The molecule has 0 aliphatic rings. The molecule has 1 aromatic heterocycles. The second kappa shape index (κ2) is 6.02. The van der Waals surface area contributed by atoms with Crippen LogP contribution in [0.3, 0.4) is 0 Å². The zero-order valence-corrected chi connectivity index (χ0v) is 12.1. The quantitative estimate of drug-likeness (QED) is 0.763. The van der Waals surface area contributed by atoms with Crippen LogP contribution in [0.2, 0.25) is 0 Å². The van der Waals surface area contributed by atoms with E-state index in [2.05, 4.69) is 14.3 Å². The van der Waals surface area contributed by atoms with Gasteiger partial charge in [-0.05, 0) is 24.2 Å². The van der Waals surface area contributed by atoms with Crippen molar-refractivity contribution in [2.24, 2.45) is 0 Å². The average molecular weight is 311 g/mol. The van der Waals surface area contributed by atoms with Gasteiger partial charge in [0.1, 0.15) is 5.69 Å². The largest absolute Gasteiger partial charge is 0.616 e. The first-order chi connectivity index (χ1) is 9.50. The normalized spacial score (nSPS) is 12.3. The Kier molecular flexibility index (Phi) is 4.35. The minimum Gasteiger partial charge on any atom is -0.616 e. The van der Waals surface area contributed by atoms with E-state index < -0.39 is 15.8 Å². The van der Waals surface area contributed by atoms with E-state index in [9.17, 15) is 13.5 Å². The number of hydrogen-bond acceptors (Lipinski definition) is 7. The van der Waals surface area contributed by atoms with E-state index in [4.69, 9.17) is 0 Å². The summed E-state index contributed by atoms with van der Waals surface area (Å²) in [5.74, 6) is -1.13. The molecule has 1 heterocycles. The van der Waals surface area contributed by atoms with Crippen molar-refractivity contribution in [3.05, 3.63) is 46.6 Å². The van der Waals surface area contributed by atoms with Crippen molar-refractivity contribution in [3.63, 3.8) is 0 Å². The molecule has 0 amide bonds. The maximum Gasteiger partial charge on any atom is 0.177 e. The van der Waals surface area contributed by atoms with Crippen LogP contribution in [0, 0.1) is 0 Å². The monoisotopic (exact) mass is 311 g/mol. The molecule has 1 aromatic carbocycles. The highest BCUT2D eigenvalue weighted by Gasteiger charge is 2.09. The molecule has 0 unspecified atom stereocenters. The van der Waals surface area contributed by atoms with Gasteiger partial charge in [0, 0.05) is 10.9 Å². The molecule has 0 fully saturated rings. The fraction of sp³-hybridized carbons (Fsp3) is 0.167. The standard InChI is InChI=1S/C12H12N2O4S2/c1-18-12(15)8-20(16,17)7-9-2-4-10(5-3-9)11-6-19-14-13-11/h2-6,8,15H,7H2,1H3/p-1/b12-8+. The van der Waals surface area contributed by atoms with Crippen LogP contribution in [0.1, 0.15) is 5.56 Å². The van der Waals surface area contributed by atoms with Crippen LogP contribution in [0.5, 0.6) is 0 Å². The Labute approximate surface area is 120 Å². The second-order valence-electron chi connectivity index (χ2n) is 3.94. The van der Waals surface area contributed by atoms with Crippen LogP contribution >= 0.6 is 11.5 Å². The molecule has 0 spiro atoms. The Bertz CT molecular complexity index is 692. The van der Waals surface area contributed by atoms with E-state index in [0.717, 1.165) is 18.4 Å². The number of aromatic nitrogens is 2. The minimum absolute atomic E-state index is 0.252. The fourth-order valence-electron chi connectivity index (χ4n) is 1.53. The number of ether oxygens (including phenoxy) is 1. The minimum atomic E-state index is -3.64. The number of nitrogens with zero attached hydrogens (tertiary/aromatic N) is 2. The van der Waals surface area contributed by atoms with Gasteiger partial charge in [-0.1, -0.05) is 28.8 Å². The number of hydrogen-bond donors (Lipinski definition) is 0. The Morgan fingerprint density at radius 1 is 1.40 bits per heavy atom. The van der Waals surface area contributed by atoms with Gasteiger partial charge in [0.2, 0.25) is 0 Å². The highest BCUT2D eigenvalue weighted by Crippen LogP contribution is 2.19. The number of benzene rings is 1. The third-order valence-electron chi connectivity index (χ3n) is 2.45. The van der Waals surface area contributed by atoms with Gasteiger partial charge in [-0.15, -0.1) is 5.10 Å². The second-order valence-corrected chi connectivity index (χ2v) is 6.40. The maximum atomic E-state index is 11.7. The molecule has 0 N–H and O–H groups in total. The Hall–Kier alpha value is -1.93. The molecule has 0 atom stereocenters. The first kappa shape index (κ1) is 14.5. The molecule has 0 aliphatic heterocycles. The van der Waals surface area contributed by atoms with Gasteiger partial charge in [0.05, 0.1) is 17.1 Å². The molecule has 0 radical (unpaired) electrons. The maximum absolute atomic E-state index is 11.7. The van der Waals surface area contributed by atoms with E-state index in [0.29, 0.717) is 11.0 Å². The van der Waals surface area contributed by atoms with E-state index in [-0.39, 0.29) is 5.75 Å². The molecular formula is C12H11N2O4S2-. The van der Waals surface area contributed by atoms with E-state index in [1.807, 2.05) is 0 Å². The van der Waals surface area contributed by atoms with Gasteiger partial charge in [-0.2, -0.15) is 0 Å². The lowest BCUT2D eigenvalue weighted by Gasteiger charge is -2.08. The summed E-state index contributed by atoms with van der Waals surface area (Å²) in [5, 5.41) is 17.3. The Morgan fingerprint density at radius 2 is 2.10 bits per heavy atom. The van der Waals surface area contributed by atoms with Gasteiger partial charge in [-0.25, -0.2) is 8.42 Å². The Balaban J connectivity index is 2.16. The lowest BCUT2D eigenvalue weighted by molar-refractivity contribution is -0.352. The van der Waals surface area contributed by atoms with Crippen LogP contribution in [0.15, 0.2) is 41.0 Å². The fourth-order valence-corrected chi connectivity index (χ4v) is 3.13. The summed E-state index contributed by atoms with van der Waals surface area (Å²) in [6, 6.07) is 6.88. The molecule has 0 saturated carbocycles. The molecule has 2 aromatic rings. The number of methoxy groups -OCH3 is 1. The molecule has 106 valence electrons. The molecule has 20 heavy (non-hydrogen) atoms. The molecule has 0 aliphatic carbocycles. The molecule has 2 rings (SSSR count). The SMILES string of the molecule is CO/C([O-])=C/S(=O)(=O)Cc1ccc(-c2csnn2)cc1. The van der Waals surface area contributed by atoms with E-state index in [1.54, 1.807) is 29.6 Å². The summed E-state index contributed by atoms with van der Waals surface area (Å²) < 4.78 is 31.5. The molecular weight excluding hydrogens is 300 g/mol. The van der Waals surface area contributed by atoms with Gasteiger partial charge < -0.3 is 9.84 Å². The highest BCUT2D eigenvalue weighted by molar-refractivity contribution is 7.93. The molecule has 0 saturated heterocycles. The molecule has 8 heteroatoms. The lowest BCUT2D eigenvalue weighted by atomic mass is 10.1. The lowest BCUT2D eigenvalue weighted by Crippen LogP contribution is -2.10. The number of rotatable bonds is 5. The summed E-state index contributed by atoms with van der Waals surface area (Å²) in [6.07, 6.45) is 0. The van der Waals surface area contributed by atoms with E-state index >= 15 is 0 Å². The van der Waals surface area contributed by atoms with E-state index in [1.165, 1.54) is 11.5 Å². The van der Waals surface area contributed by atoms with Crippen molar-refractivity contribution in [1.29, 1.82) is 0 Å².